The molecule has 8 heteroatoms. The van der Waals surface area contributed by atoms with Gasteiger partial charge in [0.2, 0.25) is 0 Å². The van der Waals surface area contributed by atoms with E-state index in [-0.39, 0.29) is 24.0 Å². The second-order valence-electron chi connectivity index (χ2n) is 6.46. The van der Waals surface area contributed by atoms with Gasteiger partial charge in [0.05, 0.1) is 20.8 Å². The fourth-order valence-electron chi connectivity index (χ4n) is 2.86. The largest absolute Gasteiger partial charge is 0.493 e. The molecule has 1 heterocycles. The summed E-state index contributed by atoms with van der Waals surface area (Å²) in [5, 5.41) is 3.23. The van der Waals surface area contributed by atoms with Crippen molar-refractivity contribution >= 4 is 29.9 Å². The van der Waals surface area contributed by atoms with E-state index in [2.05, 4.69) is 34.1 Å². The Balaban J connectivity index is 0.00000338. The highest BCUT2D eigenvalue weighted by Crippen LogP contribution is 2.27. The van der Waals surface area contributed by atoms with Gasteiger partial charge in [0, 0.05) is 38.8 Å². The first kappa shape index (κ1) is 22.8. The summed E-state index contributed by atoms with van der Waals surface area (Å²) in [4.78, 5) is 9.25. The molecule has 1 saturated heterocycles. The third kappa shape index (κ3) is 6.81. The standard InChI is InChI=1S/C18H31N5O2.HI/c1-14(23-9-7-22(2)8-10-23)12-20-18(19)21-13-15-5-6-16(24-3)17(11-15)25-4;/h5-6,11,14H,7-10,12-13H2,1-4H3,(H3,19,20,21);1H. The monoisotopic (exact) mass is 477 g/mol. The number of hydrogen-bond donors (Lipinski definition) is 2. The summed E-state index contributed by atoms with van der Waals surface area (Å²) in [6, 6.07) is 6.19. The fourth-order valence-corrected chi connectivity index (χ4v) is 2.86. The van der Waals surface area contributed by atoms with Crippen LogP contribution in [0.15, 0.2) is 23.2 Å². The van der Waals surface area contributed by atoms with Gasteiger partial charge in [0.15, 0.2) is 17.5 Å². The molecule has 26 heavy (non-hydrogen) atoms. The zero-order valence-corrected chi connectivity index (χ0v) is 18.5. The van der Waals surface area contributed by atoms with Gasteiger partial charge in [-0.3, -0.25) is 4.90 Å². The zero-order valence-electron chi connectivity index (χ0n) is 16.2. The number of halogens is 1. The number of nitrogens with one attached hydrogen (secondary N) is 1. The van der Waals surface area contributed by atoms with Crippen molar-refractivity contribution in [3.8, 4) is 11.5 Å². The van der Waals surface area contributed by atoms with Gasteiger partial charge in [0.1, 0.15) is 0 Å². The molecule has 1 aromatic rings. The lowest BCUT2D eigenvalue weighted by atomic mass is 10.2. The highest BCUT2D eigenvalue weighted by atomic mass is 127. The van der Waals surface area contributed by atoms with Gasteiger partial charge in [-0.05, 0) is 31.7 Å². The number of likely N-dealkylation sites (N-methyl/N-ethyl adjacent to an activating group) is 1. The average molecular weight is 477 g/mol. The Labute approximate surface area is 173 Å². The first-order valence-corrected chi connectivity index (χ1v) is 8.70. The molecule has 0 aromatic heterocycles. The lowest BCUT2D eigenvalue weighted by molar-refractivity contribution is 0.120. The molecule has 1 unspecified atom stereocenters. The fraction of sp³-hybridized carbons (Fsp3) is 0.611. The van der Waals surface area contributed by atoms with Crippen molar-refractivity contribution in [2.45, 2.75) is 19.5 Å². The Morgan fingerprint density at radius 1 is 1.19 bits per heavy atom. The molecule has 0 bridgehead atoms. The van der Waals surface area contributed by atoms with Crippen molar-refractivity contribution in [2.75, 3.05) is 54.0 Å². The molecule has 7 nitrogen and oxygen atoms in total. The van der Waals surface area contributed by atoms with Crippen LogP contribution in [-0.2, 0) is 6.54 Å². The predicted octanol–water partition coefficient (Wildman–Crippen LogP) is 1.36. The summed E-state index contributed by atoms with van der Waals surface area (Å²) in [6.07, 6.45) is 0. The van der Waals surface area contributed by atoms with Crippen molar-refractivity contribution in [2.24, 2.45) is 10.7 Å². The van der Waals surface area contributed by atoms with E-state index in [1.165, 1.54) is 0 Å². The van der Waals surface area contributed by atoms with Gasteiger partial charge >= 0.3 is 0 Å². The number of nitrogens with zero attached hydrogens (tertiary/aromatic N) is 3. The SMILES string of the molecule is COc1ccc(CN=C(N)NCC(C)N2CCN(C)CC2)cc1OC.I. The van der Waals surface area contributed by atoms with Crippen LogP contribution in [0.3, 0.4) is 0 Å². The summed E-state index contributed by atoms with van der Waals surface area (Å²) in [7, 11) is 5.42. The molecule has 1 aromatic carbocycles. The van der Waals surface area contributed by atoms with Gasteiger partial charge in [-0.1, -0.05) is 6.07 Å². The molecule has 0 saturated carbocycles. The molecule has 1 aliphatic rings. The van der Waals surface area contributed by atoms with Crippen LogP contribution in [-0.4, -0.2) is 75.8 Å². The van der Waals surface area contributed by atoms with E-state index < -0.39 is 0 Å². The summed E-state index contributed by atoms with van der Waals surface area (Å²) in [6.45, 7) is 7.96. The number of aliphatic imine (C=N–C) groups is 1. The van der Waals surface area contributed by atoms with Crippen molar-refractivity contribution in [3.05, 3.63) is 23.8 Å². The van der Waals surface area contributed by atoms with Crippen molar-refractivity contribution in [1.82, 2.24) is 15.1 Å². The first-order valence-electron chi connectivity index (χ1n) is 8.70. The maximum atomic E-state index is 6.00. The third-order valence-corrected chi connectivity index (χ3v) is 4.62. The number of ether oxygens (including phenoxy) is 2. The van der Waals surface area contributed by atoms with E-state index in [1.54, 1.807) is 14.2 Å². The molecule has 148 valence electrons. The minimum atomic E-state index is 0. The Kier molecular flexibility index (Phi) is 10.0. The quantitative estimate of drug-likeness (QED) is 0.351. The molecule has 3 N–H and O–H groups in total. The van der Waals surface area contributed by atoms with Gasteiger partial charge in [-0.25, -0.2) is 4.99 Å². The van der Waals surface area contributed by atoms with E-state index in [9.17, 15) is 0 Å². The normalized spacial score (nSPS) is 17.3. The van der Waals surface area contributed by atoms with Crippen LogP contribution in [0.4, 0.5) is 0 Å². The molecule has 0 amide bonds. The zero-order chi connectivity index (χ0) is 18.2. The maximum absolute atomic E-state index is 6.00. The van der Waals surface area contributed by atoms with Crippen molar-refractivity contribution in [1.29, 1.82) is 0 Å². The van der Waals surface area contributed by atoms with Crippen LogP contribution in [0.5, 0.6) is 11.5 Å². The molecular formula is C18H32IN5O2. The molecule has 0 aliphatic carbocycles. The minimum Gasteiger partial charge on any atom is -0.493 e. The van der Waals surface area contributed by atoms with Crippen LogP contribution >= 0.6 is 24.0 Å². The maximum Gasteiger partial charge on any atom is 0.188 e. The van der Waals surface area contributed by atoms with Gasteiger partial charge < -0.3 is 25.4 Å². The molecule has 1 fully saturated rings. The van der Waals surface area contributed by atoms with E-state index in [4.69, 9.17) is 15.2 Å². The first-order chi connectivity index (χ1) is 12.0. The van der Waals surface area contributed by atoms with Crippen molar-refractivity contribution in [3.63, 3.8) is 0 Å². The lowest BCUT2D eigenvalue weighted by Crippen LogP contribution is -2.51. The molecule has 0 radical (unpaired) electrons. The van der Waals surface area contributed by atoms with E-state index in [0.29, 0.717) is 30.0 Å². The molecule has 2 rings (SSSR count). The van der Waals surface area contributed by atoms with Crippen molar-refractivity contribution < 1.29 is 9.47 Å². The summed E-state index contributed by atoms with van der Waals surface area (Å²) >= 11 is 0. The number of guanidine groups is 1. The number of piperazine rings is 1. The highest BCUT2D eigenvalue weighted by molar-refractivity contribution is 14.0. The van der Waals surface area contributed by atoms with Gasteiger partial charge in [0.25, 0.3) is 0 Å². The summed E-state index contributed by atoms with van der Waals surface area (Å²) in [5.74, 6) is 1.88. The van der Waals surface area contributed by atoms with E-state index in [1.807, 2.05) is 18.2 Å². The second-order valence-corrected chi connectivity index (χ2v) is 6.46. The number of nitrogens with two attached hydrogens (primary N) is 1. The number of hydrogen-bond acceptors (Lipinski definition) is 5. The Morgan fingerprint density at radius 2 is 1.85 bits per heavy atom. The van der Waals surface area contributed by atoms with Crippen LogP contribution in [0, 0.1) is 0 Å². The number of methoxy groups -OCH3 is 2. The summed E-state index contributed by atoms with van der Waals surface area (Å²) < 4.78 is 10.5. The Morgan fingerprint density at radius 3 is 2.46 bits per heavy atom. The summed E-state index contributed by atoms with van der Waals surface area (Å²) in [5.41, 5.74) is 7.03. The molecular weight excluding hydrogens is 445 g/mol. The van der Waals surface area contributed by atoms with Crippen LogP contribution < -0.4 is 20.5 Å². The topological polar surface area (TPSA) is 75.4 Å². The minimum absolute atomic E-state index is 0. The predicted molar refractivity (Wildman–Crippen MR) is 117 cm³/mol. The van der Waals surface area contributed by atoms with Gasteiger partial charge in [-0.15, -0.1) is 24.0 Å². The number of rotatable bonds is 7. The average Bonchev–Trinajstić information content (AvgIpc) is 2.64. The molecule has 1 aliphatic heterocycles. The Bertz CT molecular complexity index is 577. The molecule has 1 atom stereocenters. The van der Waals surface area contributed by atoms with Crippen LogP contribution in [0.2, 0.25) is 0 Å². The van der Waals surface area contributed by atoms with Crippen LogP contribution in [0.1, 0.15) is 12.5 Å². The third-order valence-electron chi connectivity index (χ3n) is 4.62. The smallest absolute Gasteiger partial charge is 0.188 e. The van der Waals surface area contributed by atoms with Crippen LogP contribution in [0.25, 0.3) is 0 Å². The highest BCUT2D eigenvalue weighted by Gasteiger charge is 2.18. The van der Waals surface area contributed by atoms with Gasteiger partial charge in [-0.2, -0.15) is 0 Å². The molecule has 0 spiro atoms. The second kappa shape index (κ2) is 11.5. The number of benzene rings is 1. The lowest BCUT2D eigenvalue weighted by Gasteiger charge is -2.36. The van der Waals surface area contributed by atoms with E-state index in [0.717, 1.165) is 38.3 Å². The Hall–Kier alpha value is -1.26. The van der Waals surface area contributed by atoms with E-state index >= 15 is 0 Å².